The minimum Gasteiger partial charge on any atom is -0.389 e. The van der Waals surface area contributed by atoms with E-state index in [4.69, 9.17) is 4.74 Å². The molecule has 136 valence electrons. The molecule has 25 heavy (non-hydrogen) atoms. The number of aliphatic hydroxyl groups excluding tert-OH is 1. The second-order valence-electron chi connectivity index (χ2n) is 6.46. The van der Waals surface area contributed by atoms with E-state index in [1.54, 1.807) is 24.3 Å². The van der Waals surface area contributed by atoms with E-state index in [2.05, 4.69) is 0 Å². The molecule has 1 atom stereocenters. The summed E-state index contributed by atoms with van der Waals surface area (Å²) in [5.41, 5.74) is 1.89. The van der Waals surface area contributed by atoms with Gasteiger partial charge < -0.3 is 9.84 Å². The molecule has 0 saturated carbocycles. The molecule has 0 radical (unpaired) electrons. The lowest BCUT2D eigenvalue weighted by Crippen LogP contribution is -2.34. The number of benzene rings is 2. The molecule has 0 bridgehead atoms. The van der Waals surface area contributed by atoms with Crippen molar-refractivity contribution in [3.05, 3.63) is 71.3 Å². The normalized spacial score (nSPS) is 12.8. The number of ether oxygens (including phenoxy) is 1. The summed E-state index contributed by atoms with van der Waals surface area (Å²) in [6.07, 6.45) is -0.583. The van der Waals surface area contributed by atoms with Gasteiger partial charge in [0.15, 0.2) is 0 Å². The van der Waals surface area contributed by atoms with Crippen LogP contribution < -0.4 is 0 Å². The lowest BCUT2D eigenvalue weighted by molar-refractivity contribution is -0.0106. The Morgan fingerprint density at radius 1 is 0.880 bits per heavy atom. The first-order valence-corrected chi connectivity index (χ1v) is 8.43. The van der Waals surface area contributed by atoms with Gasteiger partial charge in [-0.25, -0.2) is 8.78 Å². The molecule has 0 spiro atoms. The summed E-state index contributed by atoms with van der Waals surface area (Å²) in [5, 5.41) is 10.2. The molecule has 0 aliphatic heterocycles. The van der Waals surface area contributed by atoms with Crippen molar-refractivity contribution in [3.8, 4) is 0 Å². The van der Waals surface area contributed by atoms with Crippen molar-refractivity contribution >= 4 is 0 Å². The lowest BCUT2D eigenvalue weighted by atomic mass is 10.1. The minimum absolute atomic E-state index is 0.0531. The highest BCUT2D eigenvalue weighted by molar-refractivity contribution is 5.18. The summed E-state index contributed by atoms with van der Waals surface area (Å²) in [7, 11) is 0. The molecule has 0 aromatic heterocycles. The number of halogens is 2. The predicted octanol–water partition coefficient (Wildman–Crippen LogP) is 3.75. The smallest absolute Gasteiger partial charge is 0.123 e. The highest BCUT2D eigenvalue weighted by Gasteiger charge is 2.14. The van der Waals surface area contributed by atoms with E-state index in [1.165, 1.54) is 24.3 Å². The van der Waals surface area contributed by atoms with Gasteiger partial charge in [0, 0.05) is 19.6 Å². The van der Waals surface area contributed by atoms with Crippen LogP contribution in [0.3, 0.4) is 0 Å². The van der Waals surface area contributed by atoms with Crippen molar-refractivity contribution in [2.45, 2.75) is 39.1 Å². The summed E-state index contributed by atoms with van der Waals surface area (Å²) >= 11 is 0. The lowest BCUT2D eigenvalue weighted by Gasteiger charge is -2.26. The third-order valence-electron chi connectivity index (χ3n) is 3.73. The van der Waals surface area contributed by atoms with Gasteiger partial charge in [0.25, 0.3) is 0 Å². The van der Waals surface area contributed by atoms with Crippen molar-refractivity contribution in [1.29, 1.82) is 0 Å². The predicted molar refractivity (Wildman–Crippen MR) is 94.0 cm³/mol. The maximum Gasteiger partial charge on any atom is 0.123 e. The maximum absolute atomic E-state index is 13.1. The average molecular weight is 349 g/mol. The Bertz CT molecular complexity index is 582. The third-order valence-corrected chi connectivity index (χ3v) is 3.73. The van der Waals surface area contributed by atoms with Crippen LogP contribution in [-0.4, -0.2) is 35.4 Å². The van der Waals surface area contributed by atoms with E-state index in [9.17, 15) is 13.9 Å². The van der Waals surface area contributed by atoms with Crippen LogP contribution in [0, 0.1) is 11.6 Å². The molecule has 0 aliphatic rings. The zero-order chi connectivity index (χ0) is 18.2. The van der Waals surface area contributed by atoms with Crippen LogP contribution in [0.4, 0.5) is 8.78 Å². The van der Waals surface area contributed by atoms with Crippen LogP contribution in [0.15, 0.2) is 48.5 Å². The summed E-state index contributed by atoms with van der Waals surface area (Å²) < 4.78 is 31.6. The van der Waals surface area contributed by atoms with Gasteiger partial charge in [0.05, 0.1) is 18.8 Å². The van der Waals surface area contributed by atoms with Gasteiger partial charge in [-0.05, 0) is 49.2 Å². The fourth-order valence-electron chi connectivity index (χ4n) is 2.54. The molecule has 2 aromatic rings. The molecule has 0 saturated heterocycles. The summed E-state index contributed by atoms with van der Waals surface area (Å²) in [6, 6.07) is 12.6. The number of rotatable bonds is 9. The van der Waals surface area contributed by atoms with E-state index in [-0.39, 0.29) is 24.3 Å². The minimum atomic E-state index is -0.636. The Kier molecular flexibility index (Phi) is 7.50. The average Bonchev–Trinajstić information content (AvgIpc) is 2.57. The molecule has 2 rings (SSSR count). The second-order valence-corrected chi connectivity index (χ2v) is 6.46. The Hall–Kier alpha value is -1.82. The molecule has 5 heteroatoms. The van der Waals surface area contributed by atoms with E-state index >= 15 is 0 Å². The van der Waals surface area contributed by atoms with E-state index in [0.29, 0.717) is 19.6 Å². The zero-order valence-corrected chi connectivity index (χ0v) is 14.7. The molecule has 0 unspecified atom stereocenters. The fourth-order valence-corrected chi connectivity index (χ4v) is 2.54. The van der Waals surface area contributed by atoms with Gasteiger partial charge in [-0.15, -0.1) is 0 Å². The quantitative estimate of drug-likeness (QED) is 0.748. The maximum atomic E-state index is 13.1. The van der Waals surface area contributed by atoms with Crippen LogP contribution >= 0.6 is 0 Å². The number of aliphatic hydroxyl groups is 1. The third kappa shape index (κ3) is 7.30. The zero-order valence-electron chi connectivity index (χ0n) is 14.7. The highest BCUT2D eigenvalue weighted by Crippen LogP contribution is 2.13. The van der Waals surface area contributed by atoms with E-state index in [1.807, 2.05) is 18.7 Å². The van der Waals surface area contributed by atoms with Crippen molar-refractivity contribution in [3.63, 3.8) is 0 Å². The summed E-state index contributed by atoms with van der Waals surface area (Å²) in [5.74, 6) is -0.557. The van der Waals surface area contributed by atoms with Crippen molar-refractivity contribution in [2.24, 2.45) is 0 Å². The Morgan fingerprint density at radius 2 is 1.32 bits per heavy atom. The molecule has 2 aromatic carbocycles. The molecule has 0 amide bonds. The Labute approximate surface area is 147 Å². The van der Waals surface area contributed by atoms with Crippen molar-refractivity contribution < 1.29 is 18.6 Å². The SMILES string of the molecule is CC(C)OC[C@@H](O)CN(Cc1ccc(F)cc1)Cc1ccc(F)cc1. The van der Waals surface area contributed by atoms with Crippen LogP contribution in [0.2, 0.25) is 0 Å². The van der Waals surface area contributed by atoms with Gasteiger partial charge in [-0.3, -0.25) is 4.90 Å². The van der Waals surface area contributed by atoms with Crippen LogP contribution in [0.25, 0.3) is 0 Å². The van der Waals surface area contributed by atoms with Gasteiger partial charge >= 0.3 is 0 Å². The van der Waals surface area contributed by atoms with Gasteiger partial charge in [-0.2, -0.15) is 0 Å². The molecule has 0 fully saturated rings. The number of hydrogen-bond acceptors (Lipinski definition) is 3. The summed E-state index contributed by atoms with van der Waals surface area (Å²) in [6.45, 7) is 5.60. The molecular weight excluding hydrogens is 324 g/mol. The number of hydrogen-bond donors (Lipinski definition) is 1. The van der Waals surface area contributed by atoms with Gasteiger partial charge in [-0.1, -0.05) is 24.3 Å². The Balaban J connectivity index is 2.03. The first-order valence-electron chi connectivity index (χ1n) is 8.43. The van der Waals surface area contributed by atoms with E-state index < -0.39 is 6.10 Å². The van der Waals surface area contributed by atoms with Gasteiger partial charge in [0.1, 0.15) is 11.6 Å². The molecule has 0 aliphatic carbocycles. The van der Waals surface area contributed by atoms with Crippen LogP contribution in [-0.2, 0) is 17.8 Å². The highest BCUT2D eigenvalue weighted by atomic mass is 19.1. The topological polar surface area (TPSA) is 32.7 Å². The summed E-state index contributed by atoms with van der Waals surface area (Å²) in [4.78, 5) is 2.04. The standard InChI is InChI=1S/C20H25F2NO2/c1-15(2)25-14-20(24)13-23(11-16-3-7-18(21)8-4-16)12-17-5-9-19(22)10-6-17/h3-10,15,20,24H,11-14H2,1-2H3/t20-/m0/s1. The fraction of sp³-hybridized carbons (Fsp3) is 0.400. The molecule has 0 heterocycles. The molecule has 3 nitrogen and oxygen atoms in total. The van der Waals surface area contributed by atoms with Crippen LogP contribution in [0.1, 0.15) is 25.0 Å². The molecule has 1 N–H and O–H groups in total. The molecular formula is C20H25F2NO2. The van der Waals surface area contributed by atoms with Gasteiger partial charge in [0.2, 0.25) is 0 Å². The van der Waals surface area contributed by atoms with Crippen molar-refractivity contribution in [1.82, 2.24) is 4.90 Å². The largest absolute Gasteiger partial charge is 0.389 e. The monoisotopic (exact) mass is 349 g/mol. The first-order chi connectivity index (χ1) is 11.9. The Morgan fingerprint density at radius 3 is 1.72 bits per heavy atom. The second kappa shape index (κ2) is 9.61. The van der Waals surface area contributed by atoms with Crippen molar-refractivity contribution in [2.75, 3.05) is 13.2 Å². The van der Waals surface area contributed by atoms with E-state index in [0.717, 1.165) is 11.1 Å². The number of nitrogens with zero attached hydrogens (tertiary/aromatic N) is 1. The van der Waals surface area contributed by atoms with Crippen LogP contribution in [0.5, 0.6) is 0 Å². The first kappa shape index (κ1) is 19.5.